The van der Waals surface area contributed by atoms with Gasteiger partial charge in [-0.05, 0) is 64.2 Å². The van der Waals surface area contributed by atoms with Crippen molar-refractivity contribution >= 4 is 17.9 Å². The van der Waals surface area contributed by atoms with Crippen molar-refractivity contribution in [2.75, 3.05) is 13.2 Å². The van der Waals surface area contributed by atoms with Crippen molar-refractivity contribution in [2.45, 2.75) is 335 Å². The van der Waals surface area contributed by atoms with Gasteiger partial charge in [-0.1, -0.05) is 306 Å². The maximum atomic E-state index is 12.9. The van der Waals surface area contributed by atoms with Crippen LogP contribution in [0, 0.1) is 0 Å². The van der Waals surface area contributed by atoms with Crippen LogP contribution in [0.5, 0.6) is 0 Å². The summed E-state index contributed by atoms with van der Waals surface area (Å²) < 4.78 is 16.9. The Labute approximate surface area is 453 Å². The fourth-order valence-electron chi connectivity index (χ4n) is 9.30. The first-order chi connectivity index (χ1) is 36.0. The van der Waals surface area contributed by atoms with E-state index in [1.165, 1.54) is 193 Å². The van der Waals surface area contributed by atoms with E-state index in [0.717, 1.165) is 96.3 Å². The predicted octanol–water partition coefficient (Wildman–Crippen LogP) is 21.6. The summed E-state index contributed by atoms with van der Waals surface area (Å²) in [6.07, 6.45) is 78.0. The molecule has 0 spiro atoms. The van der Waals surface area contributed by atoms with Crippen LogP contribution in [0.4, 0.5) is 0 Å². The predicted molar refractivity (Wildman–Crippen MR) is 316 cm³/mol. The van der Waals surface area contributed by atoms with Gasteiger partial charge in [0.2, 0.25) is 0 Å². The molecule has 424 valence electrons. The van der Waals surface area contributed by atoms with Crippen molar-refractivity contribution in [3.05, 3.63) is 60.8 Å². The molecule has 0 rings (SSSR count). The Morgan fingerprint density at radius 1 is 0.288 bits per heavy atom. The van der Waals surface area contributed by atoms with Gasteiger partial charge in [0.1, 0.15) is 13.2 Å². The Bertz CT molecular complexity index is 1310. The molecule has 0 radical (unpaired) electrons. The van der Waals surface area contributed by atoms with Gasteiger partial charge in [0.05, 0.1) is 0 Å². The first-order valence-electron chi connectivity index (χ1n) is 31.8. The summed E-state index contributed by atoms with van der Waals surface area (Å²) in [6, 6.07) is 0. The summed E-state index contributed by atoms with van der Waals surface area (Å²) >= 11 is 0. The standard InChI is InChI=1S/C67H120O6/c1-4-7-10-13-16-19-22-24-26-28-30-32-33-34-35-36-38-39-41-43-45-48-51-54-57-60-66(69)72-63-64(62-71-65(68)59-56-53-50-47-21-18-15-12-9-6-3)73-67(70)61-58-55-52-49-46-44-42-40-37-31-29-27-25-23-20-17-14-11-8-5-2/h7,10,16,19,24,26,30,32,34-35,64H,4-6,8-9,11-15,17-18,20-23,25,27-29,31,33,36-63H2,1-3H3/b10-7-,19-16-,26-24-,32-30-,35-34-. The highest BCUT2D eigenvalue weighted by Gasteiger charge is 2.19. The summed E-state index contributed by atoms with van der Waals surface area (Å²) in [6.45, 7) is 6.56. The Kier molecular flexibility index (Phi) is 59.2. The second-order valence-corrected chi connectivity index (χ2v) is 21.3. The van der Waals surface area contributed by atoms with Crippen LogP contribution in [-0.2, 0) is 28.6 Å². The molecule has 1 unspecified atom stereocenters. The minimum atomic E-state index is -0.773. The molecular weight excluding hydrogens is 901 g/mol. The first kappa shape index (κ1) is 70.1. The van der Waals surface area contributed by atoms with Crippen LogP contribution >= 0.6 is 0 Å². The van der Waals surface area contributed by atoms with Crippen molar-refractivity contribution in [3.8, 4) is 0 Å². The van der Waals surface area contributed by atoms with Crippen LogP contribution in [0.15, 0.2) is 60.8 Å². The van der Waals surface area contributed by atoms with Gasteiger partial charge in [0.25, 0.3) is 0 Å². The summed E-state index contributed by atoms with van der Waals surface area (Å²) in [7, 11) is 0. The van der Waals surface area contributed by atoms with Gasteiger partial charge in [0, 0.05) is 19.3 Å². The summed E-state index contributed by atoms with van der Waals surface area (Å²) in [5.41, 5.74) is 0. The monoisotopic (exact) mass is 1020 g/mol. The SMILES string of the molecule is CC/C=C\C/C=C\C/C=C\C/C=C\C/C=C\CCCCCCCCCCCC(=O)OCC(COC(=O)CCCCCCCCCCCC)OC(=O)CCCCCCCCCCCCCCCCCCCCCC. The van der Waals surface area contributed by atoms with E-state index in [2.05, 4.69) is 81.5 Å². The Morgan fingerprint density at radius 3 is 0.836 bits per heavy atom. The Hall–Kier alpha value is -2.89. The van der Waals surface area contributed by atoms with E-state index in [1.54, 1.807) is 0 Å². The van der Waals surface area contributed by atoms with Crippen molar-refractivity contribution in [1.29, 1.82) is 0 Å². The zero-order valence-corrected chi connectivity index (χ0v) is 48.7. The van der Waals surface area contributed by atoms with Gasteiger partial charge in [0.15, 0.2) is 6.10 Å². The highest BCUT2D eigenvalue weighted by atomic mass is 16.6. The minimum absolute atomic E-state index is 0.0712. The molecule has 0 saturated heterocycles. The maximum absolute atomic E-state index is 12.9. The third-order valence-electron chi connectivity index (χ3n) is 14.0. The fourth-order valence-corrected chi connectivity index (χ4v) is 9.30. The molecule has 1 atom stereocenters. The molecule has 73 heavy (non-hydrogen) atoms. The Morgan fingerprint density at radius 2 is 0.534 bits per heavy atom. The number of carbonyl (C=O) groups excluding carboxylic acids is 3. The van der Waals surface area contributed by atoms with Crippen LogP contribution < -0.4 is 0 Å². The lowest BCUT2D eigenvalue weighted by Gasteiger charge is -2.18. The normalized spacial score (nSPS) is 12.4. The molecule has 0 N–H and O–H groups in total. The number of hydrogen-bond donors (Lipinski definition) is 0. The summed E-state index contributed by atoms with van der Waals surface area (Å²) in [4.78, 5) is 38.2. The van der Waals surface area contributed by atoms with Crippen molar-refractivity contribution in [2.24, 2.45) is 0 Å². The third-order valence-corrected chi connectivity index (χ3v) is 14.0. The second-order valence-electron chi connectivity index (χ2n) is 21.3. The largest absolute Gasteiger partial charge is 0.462 e. The third kappa shape index (κ3) is 59.9. The van der Waals surface area contributed by atoms with E-state index < -0.39 is 6.10 Å². The number of unbranched alkanes of at least 4 members (excludes halogenated alkanes) is 37. The van der Waals surface area contributed by atoms with Crippen molar-refractivity contribution < 1.29 is 28.6 Å². The van der Waals surface area contributed by atoms with Crippen molar-refractivity contribution in [1.82, 2.24) is 0 Å². The number of esters is 3. The molecule has 0 aliphatic rings. The summed E-state index contributed by atoms with van der Waals surface area (Å²) in [5, 5.41) is 0. The zero-order valence-electron chi connectivity index (χ0n) is 48.7. The molecule has 0 aromatic rings. The number of ether oxygens (including phenoxy) is 3. The van der Waals surface area contributed by atoms with Crippen LogP contribution in [-0.4, -0.2) is 37.2 Å². The average Bonchev–Trinajstić information content (AvgIpc) is 3.39. The van der Waals surface area contributed by atoms with Crippen LogP contribution in [0.1, 0.15) is 329 Å². The van der Waals surface area contributed by atoms with E-state index in [1.807, 2.05) is 0 Å². The molecule has 0 aliphatic carbocycles. The van der Waals surface area contributed by atoms with Gasteiger partial charge in [-0.2, -0.15) is 0 Å². The smallest absolute Gasteiger partial charge is 0.306 e. The molecule has 0 aromatic heterocycles. The van der Waals surface area contributed by atoms with Gasteiger partial charge in [-0.15, -0.1) is 0 Å². The van der Waals surface area contributed by atoms with E-state index in [0.29, 0.717) is 19.3 Å². The molecule has 0 aliphatic heterocycles. The van der Waals surface area contributed by atoms with E-state index in [4.69, 9.17) is 14.2 Å². The molecule has 6 nitrogen and oxygen atoms in total. The minimum Gasteiger partial charge on any atom is -0.462 e. The van der Waals surface area contributed by atoms with Crippen LogP contribution in [0.2, 0.25) is 0 Å². The quantitative estimate of drug-likeness (QED) is 0.0261. The van der Waals surface area contributed by atoms with Crippen LogP contribution in [0.3, 0.4) is 0 Å². The molecule has 0 amide bonds. The second kappa shape index (κ2) is 61.7. The van der Waals surface area contributed by atoms with E-state index in [-0.39, 0.29) is 31.1 Å². The molecule has 0 bridgehead atoms. The molecule has 0 saturated carbocycles. The van der Waals surface area contributed by atoms with Gasteiger partial charge in [-0.3, -0.25) is 14.4 Å². The molecule has 0 heterocycles. The lowest BCUT2D eigenvalue weighted by Crippen LogP contribution is -2.30. The van der Waals surface area contributed by atoms with Crippen molar-refractivity contribution in [3.63, 3.8) is 0 Å². The number of rotatable bonds is 58. The van der Waals surface area contributed by atoms with Gasteiger partial charge in [-0.25, -0.2) is 0 Å². The average molecular weight is 1020 g/mol. The summed E-state index contributed by atoms with van der Waals surface area (Å²) in [5.74, 6) is -0.860. The highest BCUT2D eigenvalue weighted by Crippen LogP contribution is 2.17. The van der Waals surface area contributed by atoms with Gasteiger partial charge < -0.3 is 14.2 Å². The lowest BCUT2D eigenvalue weighted by atomic mass is 10.0. The van der Waals surface area contributed by atoms with Gasteiger partial charge >= 0.3 is 17.9 Å². The molecule has 0 fully saturated rings. The topological polar surface area (TPSA) is 78.9 Å². The molecule has 6 heteroatoms. The van der Waals surface area contributed by atoms with E-state index >= 15 is 0 Å². The van der Waals surface area contributed by atoms with Crippen LogP contribution in [0.25, 0.3) is 0 Å². The number of allylic oxidation sites excluding steroid dienone is 10. The molecule has 0 aromatic carbocycles. The maximum Gasteiger partial charge on any atom is 0.306 e. The number of hydrogen-bond acceptors (Lipinski definition) is 6. The first-order valence-corrected chi connectivity index (χ1v) is 31.8. The zero-order chi connectivity index (χ0) is 52.9. The molecular formula is C67H120O6. The highest BCUT2D eigenvalue weighted by molar-refractivity contribution is 5.71. The Balaban J connectivity index is 4.23. The lowest BCUT2D eigenvalue weighted by molar-refractivity contribution is -0.167. The number of carbonyl (C=O) groups is 3. The fraction of sp³-hybridized carbons (Fsp3) is 0.806. The van der Waals surface area contributed by atoms with E-state index in [9.17, 15) is 14.4 Å².